The van der Waals surface area contributed by atoms with E-state index in [1.807, 2.05) is 0 Å². The topological polar surface area (TPSA) is 105 Å². The molecule has 0 aliphatic carbocycles. The molecular weight excluding hydrogens is 386 g/mol. The van der Waals surface area contributed by atoms with E-state index in [9.17, 15) is 18.0 Å². The van der Waals surface area contributed by atoms with E-state index in [1.54, 1.807) is 18.2 Å². The number of hydrogen-bond acceptors (Lipinski definition) is 7. The van der Waals surface area contributed by atoms with Gasteiger partial charge in [-0.2, -0.15) is 0 Å². The maximum Gasteiger partial charge on any atom is 0.325 e. The first-order chi connectivity index (χ1) is 13.4. The summed E-state index contributed by atoms with van der Waals surface area (Å²) in [6, 6.07) is 4.89. The molecule has 154 valence electrons. The molecule has 1 aromatic carbocycles. The van der Waals surface area contributed by atoms with Crippen LogP contribution in [0.2, 0.25) is 0 Å². The summed E-state index contributed by atoms with van der Waals surface area (Å²) in [5.74, 6) is -0.702. The molecule has 1 N–H and O–H groups in total. The van der Waals surface area contributed by atoms with E-state index in [-0.39, 0.29) is 24.6 Å². The quantitative estimate of drug-likeness (QED) is 0.610. The summed E-state index contributed by atoms with van der Waals surface area (Å²) >= 11 is 0. The smallest absolute Gasteiger partial charge is 0.325 e. The number of benzene rings is 1. The van der Waals surface area contributed by atoms with Crippen LogP contribution in [0.4, 0.5) is 11.4 Å². The van der Waals surface area contributed by atoms with Gasteiger partial charge in [0.15, 0.2) is 0 Å². The highest BCUT2D eigenvalue weighted by Crippen LogP contribution is 2.31. The van der Waals surface area contributed by atoms with E-state index in [1.165, 1.54) is 12.0 Å². The lowest BCUT2D eigenvalue weighted by molar-refractivity contribution is -0.139. The maximum absolute atomic E-state index is 12.4. The summed E-state index contributed by atoms with van der Waals surface area (Å²) in [6.45, 7) is 3.58. The molecular formula is C18H25N3O6S. The third-order valence-corrected chi connectivity index (χ3v) is 6.17. The number of anilines is 2. The van der Waals surface area contributed by atoms with E-state index >= 15 is 0 Å². The lowest BCUT2D eigenvalue weighted by atomic mass is 10.1. The highest BCUT2D eigenvalue weighted by molar-refractivity contribution is 7.92. The molecule has 1 saturated heterocycles. The number of morpholine rings is 1. The van der Waals surface area contributed by atoms with E-state index in [0.29, 0.717) is 43.1 Å². The Morgan fingerprint density at radius 1 is 1.29 bits per heavy atom. The number of amides is 1. The molecule has 28 heavy (non-hydrogen) atoms. The number of hydrogen-bond donors (Lipinski definition) is 1. The second-order valence-corrected chi connectivity index (χ2v) is 8.65. The maximum atomic E-state index is 12.4. The number of ether oxygens (including phenoxy) is 2. The van der Waals surface area contributed by atoms with Crippen molar-refractivity contribution in [3.63, 3.8) is 0 Å². The highest BCUT2D eigenvalue weighted by atomic mass is 32.2. The first-order valence-corrected chi connectivity index (χ1v) is 10.8. The number of carbonyl (C=O) groups excluding carboxylic acids is 2. The van der Waals surface area contributed by atoms with Crippen LogP contribution in [-0.4, -0.2) is 77.4 Å². The molecule has 0 spiro atoms. The number of fused-ring (bicyclic) bond motifs is 1. The van der Waals surface area contributed by atoms with Crippen molar-refractivity contribution >= 4 is 33.3 Å². The van der Waals surface area contributed by atoms with Crippen LogP contribution in [0.15, 0.2) is 18.2 Å². The summed E-state index contributed by atoms with van der Waals surface area (Å²) in [5, 5.41) is 0. The zero-order chi connectivity index (χ0) is 20.1. The van der Waals surface area contributed by atoms with E-state index in [0.717, 1.165) is 13.1 Å². The Kier molecular flexibility index (Phi) is 6.53. The van der Waals surface area contributed by atoms with Crippen LogP contribution >= 0.6 is 0 Å². The monoisotopic (exact) mass is 411 g/mol. The fourth-order valence-corrected chi connectivity index (χ4v) is 4.44. The molecule has 0 aromatic heterocycles. The first-order valence-electron chi connectivity index (χ1n) is 9.18. The minimum atomic E-state index is -3.48. The average Bonchev–Trinajstić information content (AvgIpc) is 2.96. The minimum Gasteiger partial charge on any atom is -0.468 e. The van der Waals surface area contributed by atoms with Crippen LogP contribution in [0.25, 0.3) is 0 Å². The Bertz CT molecular complexity index is 836. The summed E-state index contributed by atoms with van der Waals surface area (Å²) in [7, 11) is -2.22. The van der Waals surface area contributed by atoms with Crippen molar-refractivity contribution in [1.82, 2.24) is 4.90 Å². The fourth-order valence-electron chi connectivity index (χ4n) is 3.35. The third-order valence-electron chi connectivity index (χ3n) is 4.79. The van der Waals surface area contributed by atoms with Crippen LogP contribution in [0.1, 0.15) is 12.0 Å². The molecule has 0 bridgehead atoms. The molecule has 3 rings (SSSR count). The predicted molar refractivity (Wildman–Crippen MR) is 104 cm³/mol. The highest BCUT2D eigenvalue weighted by Gasteiger charge is 2.29. The lowest BCUT2D eigenvalue weighted by Gasteiger charge is -2.26. The average molecular weight is 411 g/mol. The normalized spacial score (nSPS) is 17.5. The molecule has 0 unspecified atom stereocenters. The zero-order valence-electron chi connectivity index (χ0n) is 15.8. The number of esters is 1. The zero-order valence-corrected chi connectivity index (χ0v) is 16.7. The van der Waals surface area contributed by atoms with Crippen molar-refractivity contribution < 1.29 is 27.5 Å². The molecule has 2 heterocycles. The van der Waals surface area contributed by atoms with Gasteiger partial charge in [0.1, 0.15) is 6.54 Å². The Hall–Kier alpha value is -2.17. The Balaban J connectivity index is 1.58. The van der Waals surface area contributed by atoms with E-state index in [4.69, 9.17) is 4.74 Å². The van der Waals surface area contributed by atoms with Gasteiger partial charge in [-0.3, -0.25) is 19.2 Å². The number of methoxy groups -OCH3 is 1. The number of carbonyl (C=O) groups is 2. The van der Waals surface area contributed by atoms with Crippen LogP contribution in [0.5, 0.6) is 0 Å². The van der Waals surface area contributed by atoms with Crippen LogP contribution in [0, 0.1) is 0 Å². The fraction of sp³-hybridized carbons (Fsp3) is 0.556. The van der Waals surface area contributed by atoms with Crippen molar-refractivity contribution in [2.45, 2.75) is 12.8 Å². The molecule has 1 fully saturated rings. The van der Waals surface area contributed by atoms with Gasteiger partial charge in [-0.1, -0.05) is 0 Å². The standard InChI is InChI=1S/C18H25N3O6S/c1-26-18(23)13-21-16-4-3-15(11-14(16)12-17(21)22)19-28(24,25)10-2-5-20-6-8-27-9-7-20/h3-4,11,19H,2,5-10,12-13H2,1H3. The van der Waals surface area contributed by atoms with Gasteiger partial charge in [0.05, 0.1) is 32.5 Å². The van der Waals surface area contributed by atoms with Gasteiger partial charge >= 0.3 is 5.97 Å². The van der Waals surface area contributed by atoms with Crippen LogP contribution in [-0.2, 0) is 35.5 Å². The van der Waals surface area contributed by atoms with Gasteiger partial charge in [-0.25, -0.2) is 8.42 Å². The van der Waals surface area contributed by atoms with Gasteiger partial charge in [-0.15, -0.1) is 0 Å². The Morgan fingerprint density at radius 2 is 2.04 bits per heavy atom. The largest absolute Gasteiger partial charge is 0.468 e. The first kappa shape index (κ1) is 20.6. The van der Waals surface area contributed by atoms with E-state index in [2.05, 4.69) is 14.4 Å². The predicted octanol–water partition coefficient (Wildman–Crippen LogP) is 0.213. The summed E-state index contributed by atoms with van der Waals surface area (Å²) in [5.41, 5.74) is 1.70. The van der Waals surface area contributed by atoms with Gasteiger partial charge in [0.2, 0.25) is 15.9 Å². The Labute approximate surface area is 164 Å². The lowest BCUT2D eigenvalue weighted by Crippen LogP contribution is -2.37. The molecule has 0 radical (unpaired) electrons. The number of rotatable bonds is 8. The van der Waals surface area contributed by atoms with Gasteiger partial charge in [0, 0.05) is 24.5 Å². The second-order valence-electron chi connectivity index (χ2n) is 6.80. The molecule has 0 saturated carbocycles. The van der Waals surface area contributed by atoms with Crippen molar-refractivity contribution in [3.05, 3.63) is 23.8 Å². The SMILES string of the molecule is COC(=O)CN1C(=O)Cc2cc(NS(=O)(=O)CCCN3CCOCC3)ccc21. The number of sulfonamides is 1. The summed E-state index contributed by atoms with van der Waals surface area (Å²) in [6.07, 6.45) is 0.657. The molecule has 10 heteroatoms. The van der Waals surface area contributed by atoms with Crippen molar-refractivity contribution in [2.24, 2.45) is 0 Å². The third kappa shape index (κ3) is 5.21. The van der Waals surface area contributed by atoms with Crippen molar-refractivity contribution in [1.29, 1.82) is 0 Å². The summed E-state index contributed by atoms with van der Waals surface area (Å²) in [4.78, 5) is 27.2. The van der Waals surface area contributed by atoms with E-state index < -0.39 is 16.0 Å². The van der Waals surface area contributed by atoms with Gasteiger partial charge in [-0.05, 0) is 36.7 Å². The van der Waals surface area contributed by atoms with Gasteiger partial charge < -0.3 is 14.4 Å². The molecule has 0 atom stereocenters. The summed E-state index contributed by atoms with van der Waals surface area (Å²) < 4.78 is 37.2. The second kappa shape index (κ2) is 8.89. The number of nitrogens with one attached hydrogen (secondary N) is 1. The molecule has 1 aromatic rings. The van der Waals surface area contributed by atoms with Gasteiger partial charge in [0.25, 0.3) is 0 Å². The number of nitrogens with zero attached hydrogens (tertiary/aromatic N) is 2. The van der Waals surface area contributed by atoms with Crippen molar-refractivity contribution in [2.75, 3.05) is 61.9 Å². The Morgan fingerprint density at radius 3 is 2.75 bits per heavy atom. The molecule has 2 aliphatic heterocycles. The van der Waals surface area contributed by atoms with Crippen LogP contribution in [0.3, 0.4) is 0 Å². The van der Waals surface area contributed by atoms with Crippen molar-refractivity contribution in [3.8, 4) is 0 Å². The minimum absolute atomic E-state index is 0.0227. The molecule has 9 nitrogen and oxygen atoms in total. The molecule has 2 aliphatic rings. The molecule has 1 amide bonds. The van der Waals surface area contributed by atoms with Crippen LogP contribution < -0.4 is 9.62 Å².